The summed E-state index contributed by atoms with van der Waals surface area (Å²) in [5.41, 5.74) is 1.90. The number of amides is 4. The number of imide groups is 1. The maximum Gasteiger partial charge on any atom is 0.328 e. The second-order valence-corrected chi connectivity index (χ2v) is 5.33. The molecule has 1 fully saturated rings. The highest BCUT2D eigenvalue weighted by Crippen LogP contribution is 2.28. The smallest absolute Gasteiger partial charge is 0.328 e. The molecule has 2 aromatic rings. The van der Waals surface area contributed by atoms with Gasteiger partial charge in [0.2, 0.25) is 5.91 Å². The largest absolute Gasteiger partial charge is 0.337 e. The molecule has 0 atom stereocenters. The van der Waals surface area contributed by atoms with Crippen molar-refractivity contribution >= 4 is 29.2 Å². The molecule has 0 unspecified atom stereocenters. The number of pyridine rings is 1. The predicted molar refractivity (Wildman–Crippen MR) is 88.9 cm³/mol. The zero-order valence-corrected chi connectivity index (χ0v) is 13.1. The van der Waals surface area contributed by atoms with Crippen LogP contribution in [0.3, 0.4) is 0 Å². The molecule has 3 rings (SSSR count). The van der Waals surface area contributed by atoms with Crippen LogP contribution in [0, 0.1) is 6.92 Å². The molecule has 4 amide bonds. The van der Waals surface area contributed by atoms with E-state index in [9.17, 15) is 14.4 Å². The van der Waals surface area contributed by atoms with Crippen molar-refractivity contribution in [3.63, 3.8) is 0 Å². The maximum atomic E-state index is 12.2. The summed E-state index contributed by atoms with van der Waals surface area (Å²) in [5.74, 6) is -0.625. The number of nitrogens with one attached hydrogen (secondary N) is 2. The zero-order chi connectivity index (χ0) is 17.1. The third kappa shape index (κ3) is 2.96. The fourth-order valence-corrected chi connectivity index (χ4v) is 2.51. The molecule has 0 aliphatic carbocycles. The summed E-state index contributed by atoms with van der Waals surface area (Å²) >= 11 is 0. The molecule has 7 nitrogen and oxygen atoms in total. The molecule has 0 radical (unpaired) electrons. The van der Waals surface area contributed by atoms with Gasteiger partial charge in [-0.3, -0.25) is 14.6 Å². The van der Waals surface area contributed by atoms with Crippen LogP contribution in [0.25, 0.3) is 0 Å². The van der Waals surface area contributed by atoms with Crippen molar-refractivity contribution in [3.8, 4) is 0 Å². The molecule has 1 aliphatic rings. The van der Waals surface area contributed by atoms with Gasteiger partial charge in [-0.1, -0.05) is 12.1 Å². The summed E-state index contributed by atoms with van der Waals surface area (Å²) in [6.45, 7) is 2.09. The quantitative estimate of drug-likeness (QED) is 0.904. The van der Waals surface area contributed by atoms with E-state index >= 15 is 0 Å². The number of hydrogen-bond acceptors (Lipinski definition) is 4. The number of carbonyl (C=O) groups excluding carboxylic acids is 3. The Morgan fingerprint density at radius 3 is 2.75 bits per heavy atom. The maximum absolute atomic E-state index is 12.2. The highest BCUT2D eigenvalue weighted by molar-refractivity contribution is 6.16. The predicted octanol–water partition coefficient (Wildman–Crippen LogP) is 2.09. The van der Waals surface area contributed by atoms with Gasteiger partial charge < -0.3 is 10.6 Å². The van der Waals surface area contributed by atoms with Crippen LogP contribution in [0.1, 0.15) is 22.5 Å². The van der Waals surface area contributed by atoms with Gasteiger partial charge in [0.15, 0.2) is 0 Å². The second-order valence-electron chi connectivity index (χ2n) is 5.33. The summed E-state index contributed by atoms with van der Waals surface area (Å²) in [5, 5.41) is 5.41. The Morgan fingerprint density at radius 1 is 1.21 bits per heavy atom. The van der Waals surface area contributed by atoms with Gasteiger partial charge >= 0.3 is 6.03 Å². The van der Waals surface area contributed by atoms with Crippen LogP contribution in [0.15, 0.2) is 42.6 Å². The van der Waals surface area contributed by atoms with Crippen molar-refractivity contribution in [2.75, 3.05) is 16.8 Å². The van der Waals surface area contributed by atoms with E-state index in [2.05, 4.69) is 15.6 Å². The lowest BCUT2D eigenvalue weighted by atomic mass is 10.1. The van der Waals surface area contributed by atoms with Gasteiger partial charge in [0, 0.05) is 24.8 Å². The van der Waals surface area contributed by atoms with Crippen molar-refractivity contribution in [2.45, 2.75) is 13.3 Å². The van der Waals surface area contributed by atoms with Crippen LogP contribution in [0.2, 0.25) is 0 Å². The first-order valence-corrected chi connectivity index (χ1v) is 7.50. The van der Waals surface area contributed by atoms with Gasteiger partial charge in [0.25, 0.3) is 5.91 Å². The zero-order valence-electron chi connectivity index (χ0n) is 13.1. The number of carbonyl (C=O) groups is 3. The topological polar surface area (TPSA) is 91.4 Å². The van der Waals surface area contributed by atoms with Crippen LogP contribution >= 0.6 is 0 Å². The number of aromatic nitrogens is 1. The minimum Gasteiger partial charge on any atom is -0.337 e. The van der Waals surface area contributed by atoms with E-state index in [4.69, 9.17) is 0 Å². The van der Waals surface area contributed by atoms with Gasteiger partial charge in [0.1, 0.15) is 5.69 Å². The Kier molecular flexibility index (Phi) is 4.24. The van der Waals surface area contributed by atoms with Crippen molar-refractivity contribution < 1.29 is 14.4 Å². The average molecular weight is 324 g/mol. The van der Waals surface area contributed by atoms with Gasteiger partial charge in [0.05, 0.1) is 5.69 Å². The van der Waals surface area contributed by atoms with Gasteiger partial charge in [-0.15, -0.1) is 0 Å². The number of hydrogen-bond donors (Lipinski definition) is 2. The van der Waals surface area contributed by atoms with Gasteiger partial charge in [-0.05, 0) is 36.8 Å². The number of nitrogens with zero attached hydrogens (tertiary/aromatic N) is 2. The average Bonchev–Trinajstić information content (AvgIpc) is 2.58. The van der Waals surface area contributed by atoms with Crippen molar-refractivity contribution in [3.05, 3.63) is 53.9 Å². The number of anilines is 2. The highest BCUT2D eigenvalue weighted by Gasteiger charge is 2.29. The number of benzene rings is 1. The molecule has 24 heavy (non-hydrogen) atoms. The molecule has 2 N–H and O–H groups in total. The molecule has 7 heteroatoms. The third-order valence-electron chi connectivity index (χ3n) is 3.76. The second kappa shape index (κ2) is 6.49. The third-order valence-corrected chi connectivity index (χ3v) is 3.76. The monoisotopic (exact) mass is 324 g/mol. The van der Waals surface area contributed by atoms with E-state index in [1.165, 1.54) is 6.20 Å². The number of rotatable bonds is 3. The molecule has 2 heterocycles. The van der Waals surface area contributed by atoms with E-state index in [0.29, 0.717) is 23.5 Å². The van der Waals surface area contributed by atoms with E-state index in [1.54, 1.807) is 43.3 Å². The summed E-state index contributed by atoms with van der Waals surface area (Å²) in [4.78, 5) is 41.4. The lowest BCUT2D eigenvalue weighted by Crippen LogP contribution is -2.50. The first-order valence-electron chi connectivity index (χ1n) is 7.50. The first-order chi connectivity index (χ1) is 11.6. The standard InChI is InChI=1S/C17H16N4O3/c1-11-12(20-16(23)13-5-2-3-9-18-13)6-4-7-14(11)21-15(22)8-10-19-17(21)24/h2-7,9H,8,10H2,1H3,(H,19,24)(H,20,23). The van der Waals surface area contributed by atoms with Crippen LogP contribution in [0.4, 0.5) is 16.2 Å². The highest BCUT2D eigenvalue weighted by atomic mass is 16.2. The van der Waals surface area contributed by atoms with Crippen LogP contribution < -0.4 is 15.5 Å². The number of urea groups is 1. The van der Waals surface area contributed by atoms with Crippen molar-refractivity contribution in [1.29, 1.82) is 0 Å². The summed E-state index contributed by atoms with van der Waals surface area (Å²) < 4.78 is 0. The molecule has 0 bridgehead atoms. The van der Waals surface area contributed by atoms with Crippen molar-refractivity contribution in [2.24, 2.45) is 0 Å². The molecular weight excluding hydrogens is 308 g/mol. The summed E-state index contributed by atoms with van der Waals surface area (Å²) in [6.07, 6.45) is 1.78. The Bertz CT molecular complexity index is 789. The van der Waals surface area contributed by atoms with Gasteiger partial charge in [-0.25, -0.2) is 9.69 Å². The molecule has 1 aromatic carbocycles. The normalized spacial score (nSPS) is 14.3. The lowest BCUT2D eigenvalue weighted by Gasteiger charge is -2.27. The molecule has 1 saturated heterocycles. The van der Waals surface area contributed by atoms with E-state index in [0.717, 1.165) is 4.90 Å². The van der Waals surface area contributed by atoms with E-state index in [-0.39, 0.29) is 23.9 Å². The van der Waals surface area contributed by atoms with Crippen molar-refractivity contribution in [1.82, 2.24) is 10.3 Å². The summed E-state index contributed by atoms with van der Waals surface area (Å²) in [7, 11) is 0. The van der Waals surface area contributed by atoms with Crippen LogP contribution in [-0.4, -0.2) is 29.4 Å². The Labute approximate surface area is 138 Å². The minimum absolute atomic E-state index is 0.246. The molecule has 0 spiro atoms. The first kappa shape index (κ1) is 15.7. The van der Waals surface area contributed by atoms with E-state index < -0.39 is 6.03 Å². The SMILES string of the molecule is Cc1c(NC(=O)c2ccccn2)cccc1N1C(=O)CCNC1=O. The van der Waals surface area contributed by atoms with Crippen LogP contribution in [-0.2, 0) is 4.79 Å². The summed E-state index contributed by atoms with van der Waals surface area (Å²) in [6, 6.07) is 9.68. The fourth-order valence-electron chi connectivity index (χ4n) is 2.51. The Morgan fingerprint density at radius 2 is 2.04 bits per heavy atom. The molecule has 1 aliphatic heterocycles. The Hall–Kier alpha value is -3.22. The Balaban J connectivity index is 1.90. The molecule has 0 saturated carbocycles. The lowest BCUT2D eigenvalue weighted by molar-refractivity contribution is -0.118. The van der Waals surface area contributed by atoms with E-state index in [1.807, 2.05) is 0 Å². The molecule has 122 valence electrons. The molecule has 1 aromatic heterocycles. The van der Waals surface area contributed by atoms with Crippen LogP contribution in [0.5, 0.6) is 0 Å². The molecular formula is C17H16N4O3. The van der Waals surface area contributed by atoms with Gasteiger partial charge in [-0.2, -0.15) is 0 Å². The minimum atomic E-state index is -0.456. The fraction of sp³-hybridized carbons (Fsp3) is 0.176.